The fourth-order valence-corrected chi connectivity index (χ4v) is 2.13. The Labute approximate surface area is 89.0 Å². The van der Waals surface area contributed by atoms with Gasteiger partial charge < -0.3 is 10.2 Å². The van der Waals surface area contributed by atoms with Gasteiger partial charge in [0.25, 0.3) is 0 Å². The van der Waals surface area contributed by atoms with E-state index in [1.807, 2.05) is 0 Å². The normalized spacial score (nSPS) is 12.9. The molecule has 0 radical (unpaired) electrons. The Balaban J connectivity index is 2.59. The summed E-state index contributed by atoms with van der Waals surface area (Å²) in [6.07, 6.45) is -0.624. The highest BCUT2D eigenvalue weighted by atomic mass is 32.2. The largest absolute Gasteiger partial charge is 0.394 e. The van der Waals surface area contributed by atoms with Crippen molar-refractivity contribution in [1.29, 1.82) is 0 Å². The van der Waals surface area contributed by atoms with Crippen LogP contribution in [0.25, 0.3) is 0 Å². The molecule has 0 spiro atoms. The number of aliphatic hydroxyl groups excluding tert-OH is 2. The van der Waals surface area contributed by atoms with Gasteiger partial charge in [0, 0.05) is 10.6 Å². The fourth-order valence-electron chi connectivity index (χ4n) is 1.20. The molecule has 78 valence electrons. The first kappa shape index (κ1) is 11.6. The smallest absolute Gasteiger partial charge is 0.0864 e. The number of hydrogen-bond acceptors (Lipinski definition) is 3. The molecule has 0 aliphatic rings. The summed E-state index contributed by atoms with van der Waals surface area (Å²) in [6, 6.07) is 6.23. The van der Waals surface area contributed by atoms with Gasteiger partial charge >= 0.3 is 0 Å². The van der Waals surface area contributed by atoms with E-state index < -0.39 is 6.10 Å². The Morgan fingerprint density at radius 1 is 1.36 bits per heavy atom. The molecule has 14 heavy (non-hydrogen) atoms. The Bertz CT molecular complexity index is 299. The zero-order valence-electron chi connectivity index (χ0n) is 8.53. The van der Waals surface area contributed by atoms with Gasteiger partial charge in [-0.05, 0) is 25.5 Å². The van der Waals surface area contributed by atoms with E-state index in [1.165, 1.54) is 16.0 Å². The summed E-state index contributed by atoms with van der Waals surface area (Å²) in [5.41, 5.74) is 2.47. The van der Waals surface area contributed by atoms with Gasteiger partial charge in [0.2, 0.25) is 0 Å². The monoisotopic (exact) mass is 212 g/mol. The van der Waals surface area contributed by atoms with Crippen LogP contribution in [0.15, 0.2) is 23.1 Å². The highest BCUT2D eigenvalue weighted by Gasteiger charge is 2.04. The fraction of sp³-hybridized carbons (Fsp3) is 0.455. The third-order valence-electron chi connectivity index (χ3n) is 1.97. The SMILES string of the molecule is Cc1ccc(SCC(O)CO)c(C)c1. The molecule has 0 heterocycles. The van der Waals surface area contributed by atoms with E-state index in [-0.39, 0.29) is 6.61 Å². The van der Waals surface area contributed by atoms with Crippen LogP contribution < -0.4 is 0 Å². The number of rotatable bonds is 4. The molecule has 0 saturated carbocycles. The molecule has 1 unspecified atom stereocenters. The van der Waals surface area contributed by atoms with Gasteiger partial charge in [-0.1, -0.05) is 17.7 Å². The molecule has 1 rings (SSSR count). The highest BCUT2D eigenvalue weighted by Crippen LogP contribution is 2.23. The second kappa shape index (κ2) is 5.39. The number of aryl methyl sites for hydroxylation is 2. The van der Waals surface area contributed by atoms with Gasteiger partial charge in [0.15, 0.2) is 0 Å². The average molecular weight is 212 g/mol. The minimum absolute atomic E-state index is 0.169. The molecule has 2 N–H and O–H groups in total. The highest BCUT2D eigenvalue weighted by molar-refractivity contribution is 7.99. The van der Waals surface area contributed by atoms with E-state index in [1.54, 1.807) is 11.8 Å². The van der Waals surface area contributed by atoms with E-state index >= 15 is 0 Å². The van der Waals surface area contributed by atoms with Crippen LogP contribution in [0.5, 0.6) is 0 Å². The summed E-state index contributed by atoms with van der Waals surface area (Å²) in [7, 11) is 0. The number of benzene rings is 1. The van der Waals surface area contributed by atoms with Crippen molar-refractivity contribution in [3.8, 4) is 0 Å². The molecule has 0 amide bonds. The summed E-state index contributed by atoms with van der Waals surface area (Å²) in [4.78, 5) is 1.17. The van der Waals surface area contributed by atoms with Crippen molar-refractivity contribution < 1.29 is 10.2 Å². The van der Waals surface area contributed by atoms with Crippen LogP contribution in [-0.4, -0.2) is 28.7 Å². The van der Waals surface area contributed by atoms with Gasteiger partial charge in [0.1, 0.15) is 0 Å². The maximum absolute atomic E-state index is 9.19. The lowest BCUT2D eigenvalue weighted by Gasteiger charge is -2.09. The quantitative estimate of drug-likeness (QED) is 0.747. The summed E-state index contributed by atoms with van der Waals surface area (Å²) < 4.78 is 0. The summed E-state index contributed by atoms with van der Waals surface area (Å²) in [5, 5.41) is 17.9. The standard InChI is InChI=1S/C11H16O2S/c1-8-3-4-11(9(2)5-8)14-7-10(13)6-12/h3-5,10,12-13H,6-7H2,1-2H3. The molecule has 0 fully saturated rings. The molecule has 2 nitrogen and oxygen atoms in total. The Morgan fingerprint density at radius 2 is 2.07 bits per heavy atom. The molecule has 0 aliphatic heterocycles. The minimum atomic E-state index is -0.624. The first-order chi connectivity index (χ1) is 6.63. The zero-order valence-corrected chi connectivity index (χ0v) is 9.34. The van der Waals surface area contributed by atoms with E-state index in [0.29, 0.717) is 5.75 Å². The molecule has 0 saturated heterocycles. The van der Waals surface area contributed by atoms with E-state index in [0.717, 1.165) is 0 Å². The molecular weight excluding hydrogens is 196 g/mol. The van der Waals surface area contributed by atoms with Crippen LogP contribution in [0.2, 0.25) is 0 Å². The lowest BCUT2D eigenvalue weighted by Crippen LogP contribution is -2.14. The first-order valence-corrected chi connectivity index (χ1v) is 5.61. The predicted octanol–water partition coefficient (Wildman–Crippen LogP) is 1.75. The van der Waals surface area contributed by atoms with Crippen molar-refractivity contribution in [2.45, 2.75) is 24.8 Å². The number of hydrogen-bond donors (Lipinski definition) is 2. The van der Waals surface area contributed by atoms with Crippen LogP contribution in [0.1, 0.15) is 11.1 Å². The van der Waals surface area contributed by atoms with Gasteiger partial charge in [0.05, 0.1) is 12.7 Å². The molecule has 0 bridgehead atoms. The zero-order chi connectivity index (χ0) is 10.6. The van der Waals surface area contributed by atoms with Crippen LogP contribution in [0, 0.1) is 13.8 Å². The van der Waals surface area contributed by atoms with Crippen molar-refractivity contribution in [3.05, 3.63) is 29.3 Å². The second-order valence-electron chi connectivity index (χ2n) is 3.42. The molecule has 0 aromatic heterocycles. The summed E-state index contributed by atoms with van der Waals surface area (Å²) in [5.74, 6) is 0.542. The predicted molar refractivity (Wildman–Crippen MR) is 59.7 cm³/mol. The lowest BCUT2D eigenvalue weighted by molar-refractivity contribution is 0.113. The molecule has 1 aromatic carbocycles. The van der Waals surface area contributed by atoms with Crippen LogP contribution >= 0.6 is 11.8 Å². The lowest BCUT2D eigenvalue weighted by atomic mass is 10.2. The maximum Gasteiger partial charge on any atom is 0.0864 e. The molecular formula is C11H16O2S. The van der Waals surface area contributed by atoms with Crippen LogP contribution in [0.3, 0.4) is 0 Å². The number of aliphatic hydroxyl groups is 2. The molecule has 1 atom stereocenters. The Morgan fingerprint density at radius 3 is 2.64 bits per heavy atom. The van der Waals surface area contributed by atoms with E-state index in [4.69, 9.17) is 5.11 Å². The maximum atomic E-state index is 9.19. The molecule has 1 aromatic rings. The van der Waals surface area contributed by atoms with Crippen molar-refractivity contribution in [1.82, 2.24) is 0 Å². The van der Waals surface area contributed by atoms with E-state index in [9.17, 15) is 5.11 Å². The summed E-state index contributed by atoms with van der Waals surface area (Å²) >= 11 is 1.58. The third kappa shape index (κ3) is 3.33. The Hall–Kier alpha value is -0.510. The Kier molecular flexibility index (Phi) is 4.45. The van der Waals surface area contributed by atoms with Crippen LogP contribution in [0.4, 0.5) is 0 Å². The van der Waals surface area contributed by atoms with Crippen molar-refractivity contribution in [2.24, 2.45) is 0 Å². The van der Waals surface area contributed by atoms with Crippen LogP contribution in [-0.2, 0) is 0 Å². The average Bonchev–Trinajstić information content (AvgIpc) is 2.16. The number of thioether (sulfide) groups is 1. The van der Waals surface area contributed by atoms with Crippen molar-refractivity contribution in [2.75, 3.05) is 12.4 Å². The summed E-state index contributed by atoms with van der Waals surface area (Å²) in [6.45, 7) is 3.95. The van der Waals surface area contributed by atoms with Gasteiger partial charge in [-0.3, -0.25) is 0 Å². The van der Waals surface area contributed by atoms with E-state index in [2.05, 4.69) is 32.0 Å². The topological polar surface area (TPSA) is 40.5 Å². The van der Waals surface area contributed by atoms with Gasteiger partial charge in [-0.2, -0.15) is 0 Å². The van der Waals surface area contributed by atoms with Crippen molar-refractivity contribution >= 4 is 11.8 Å². The second-order valence-corrected chi connectivity index (χ2v) is 4.48. The molecule has 3 heteroatoms. The molecule has 0 aliphatic carbocycles. The van der Waals surface area contributed by atoms with Crippen molar-refractivity contribution in [3.63, 3.8) is 0 Å². The van der Waals surface area contributed by atoms with Gasteiger partial charge in [-0.15, -0.1) is 11.8 Å². The van der Waals surface area contributed by atoms with Gasteiger partial charge in [-0.25, -0.2) is 0 Å². The minimum Gasteiger partial charge on any atom is -0.394 e. The first-order valence-electron chi connectivity index (χ1n) is 4.62. The third-order valence-corrected chi connectivity index (χ3v) is 3.29.